The van der Waals surface area contributed by atoms with Crippen molar-refractivity contribution in [2.75, 3.05) is 12.8 Å². The van der Waals surface area contributed by atoms with Crippen molar-refractivity contribution < 1.29 is 18.7 Å². The number of hydrogen-bond acceptors (Lipinski definition) is 5. The van der Waals surface area contributed by atoms with Crippen LogP contribution in [0, 0.1) is 5.82 Å². The summed E-state index contributed by atoms with van der Waals surface area (Å²) in [5.41, 5.74) is 0.0754. The zero-order valence-electron chi connectivity index (χ0n) is 17.5. The molecule has 0 radical (unpaired) electrons. The fourth-order valence-corrected chi connectivity index (χ4v) is 4.75. The second-order valence-electron chi connectivity index (χ2n) is 7.96. The zero-order chi connectivity index (χ0) is 21.8. The molecule has 0 atom stereocenters. The molecular weight excluding hydrogens is 417 g/mol. The van der Waals surface area contributed by atoms with Crippen molar-refractivity contribution in [3.8, 4) is 11.6 Å². The Kier molecular flexibility index (Phi) is 6.75. The molecule has 1 aromatic carbocycles. The third-order valence-corrected chi connectivity index (χ3v) is 6.63. The van der Waals surface area contributed by atoms with Crippen LogP contribution in [0.1, 0.15) is 48.9 Å². The maximum Gasteiger partial charge on any atom is 0.257 e. The summed E-state index contributed by atoms with van der Waals surface area (Å²) in [7, 11) is 0. The van der Waals surface area contributed by atoms with Crippen molar-refractivity contribution in [1.29, 1.82) is 0 Å². The van der Waals surface area contributed by atoms with E-state index in [1.807, 2.05) is 29.4 Å². The van der Waals surface area contributed by atoms with Gasteiger partial charge in [-0.15, -0.1) is 11.8 Å². The predicted octanol–water partition coefficient (Wildman–Crippen LogP) is 4.40. The Hall–Kier alpha value is -2.61. The van der Waals surface area contributed by atoms with Crippen LogP contribution in [0.2, 0.25) is 0 Å². The highest BCUT2D eigenvalue weighted by Gasteiger charge is 2.32. The van der Waals surface area contributed by atoms with Gasteiger partial charge in [-0.1, -0.05) is 6.07 Å². The molecule has 164 valence electrons. The van der Waals surface area contributed by atoms with Gasteiger partial charge in [-0.05, 0) is 62.6 Å². The summed E-state index contributed by atoms with van der Waals surface area (Å²) < 4.78 is 19.7. The van der Waals surface area contributed by atoms with E-state index in [0.29, 0.717) is 12.2 Å². The normalized spacial score (nSPS) is 21.2. The third kappa shape index (κ3) is 5.18. The fraction of sp³-hybridized carbons (Fsp3) is 0.435. The highest BCUT2D eigenvalue weighted by molar-refractivity contribution is 7.98. The van der Waals surface area contributed by atoms with Crippen LogP contribution in [-0.4, -0.2) is 46.6 Å². The summed E-state index contributed by atoms with van der Waals surface area (Å²) in [6.45, 7) is 0.841. The number of hydrogen-bond donors (Lipinski definition) is 1. The molecule has 2 amide bonds. The van der Waals surface area contributed by atoms with Crippen molar-refractivity contribution in [1.82, 2.24) is 15.2 Å². The van der Waals surface area contributed by atoms with Crippen molar-refractivity contribution in [2.45, 2.75) is 55.5 Å². The Bertz CT molecular complexity index is 963. The highest BCUT2D eigenvalue weighted by Crippen LogP contribution is 2.29. The fourth-order valence-electron chi connectivity index (χ4n) is 4.30. The molecule has 1 aliphatic carbocycles. The Balaban J connectivity index is 1.41. The van der Waals surface area contributed by atoms with Crippen LogP contribution in [0.25, 0.3) is 0 Å². The van der Waals surface area contributed by atoms with E-state index < -0.39 is 11.7 Å². The van der Waals surface area contributed by atoms with Crippen LogP contribution >= 0.6 is 11.8 Å². The van der Waals surface area contributed by atoms with Gasteiger partial charge >= 0.3 is 0 Å². The van der Waals surface area contributed by atoms with Crippen LogP contribution in [0.5, 0.6) is 11.6 Å². The summed E-state index contributed by atoms with van der Waals surface area (Å²) in [6, 6.07) is 8.83. The molecule has 1 aliphatic heterocycles. The molecule has 2 heterocycles. The molecule has 2 fully saturated rings. The van der Waals surface area contributed by atoms with Crippen LogP contribution in [-0.2, 0) is 4.79 Å². The first-order valence-corrected chi connectivity index (χ1v) is 11.8. The average Bonchev–Trinajstić information content (AvgIpc) is 3.21. The Morgan fingerprint density at radius 2 is 2.06 bits per heavy atom. The largest absolute Gasteiger partial charge is 0.438 e. The number of nitrogens with one attached hydrogen (secondary N) is 1. The minimum absolute atomic E-state index is 0.0163. The molecule has 0 unspecified atom stereocenters. The Morgan fingerprint density at radius 1 is 1.26 bits per heavy atom. The molecular formula is C23H26FN3O3S. The SMILES string of the molecule is CSc1cccc(Oc2ncc(F)cc2C(=O)N[C@H]2CC[C@@H](N3CCCC3=O)CC2)c1. The minimum atomic E-state index is -0.591. The standard InChI is InChI=1S/C23H26FN3O3S/c1-31-19-5-2-4-18(13-19)30-23-20(12-15(24)14-25-23)22(29)26-16-7-9-17(10-8-16)27-11-3-6-21(27)28/h2,4-5,12-14,16-17H,3,6-11H2,1H3,(H,26,29)/t16-,17+. The quantitative estimate of drug-likeness (QED) is 0.670. The number of thioether (sulfide) groups is 1. The summed E-state index contributed by atoms with van der Waals surface area (Å²) in [5, 5.41) is 3.00. The van der Waals surface area contributed by atoms with Crippen LogP contribution < -0.4 is 10.1 Å². The molecule has 2 aromatic rings. The summed E-state index contributed by atoms with van der Waals surface area (Å²) in [4.78, 5) is 31.9. The molecule has 4 rings (SSSR count). The summed E-state index contributed by atoms with van der Waals surface area (Å²) in [6.07, 6.45) is 7.89. The van der Waals surface area contributed by atoms with E-state index in [9.17, 15) is 14.0 Å². The number of nitrogens with zero attached hydrogens (tertiary/aromatic N) is 2. The van der Waals surface area contributed by atoms with E-state index in [0.717, 1.165) is 55.8 Å². The van der Waals surface area contributed by atoms with Gasteiger partial charge in [-0.3, -0.25) is 9.59 Å². The van der Waals surface area contributed by atoms with Gasteiger partial charge < -0.3 is 15.0 Å². The maximum atomic E-state index is 13.9. The molecule has 8 heteroatoms. The van der Waals surface area contributed by atoms with Gasteiger partial charge in [0, 0.05) is 29.9 Å². The summed E-state index contributed by atoms with van der Waals surface area (Å²) in [5.74, 6) is -0.134. The number of rotatable bonds is 6. The lowest BCUT2D eigenvalue weighted by atomic mass is 9.90. The number of pyridine rings is 1. The number of carbonyl (C=O) groups excluding carboxylic acids is 2. The molecule has 1 N–H and O–H groups in total. The van der Waals surface area contributed by atoms with Crippen molar-refractivity contribution >= 4 is 23.6 Å². The Morgan fingerprint density at radius 3 is 2.77 bits per heavy atom. The van der Waals surface area contributed by atoms with Gasteiger partial charge in [0.05, 0.1) is 6.20 Å². The number of likely N-dealkylation sites (tertiary alicyclic amines) is 1. The predicted molar refractivity (Wildman–Crippen MR) is 117 cm³/mol. The van der Waals surface area contributed by atoms with E-state index >= 15 is 0 Å². The van der Waals surface area contributed by atoms with Crippen molar-refractivity contribution in [2.24, 2.45) is 0 Å². The molecule has 0 spiro atoms. The highest BCUT2D eigenvalue weighted by atomic mass is 32.2. The third-order valence-electron chi connectivity index (χ3n) is 5.90. The van der Waals surface area contributed by atoms with Gasteiger partial charge in [-0.2, -0.15) is 0 Å². The van der Waals surface area contributed by atoms with Crippen molar-refractivity contribution in [3.63, 3.8) is 0 Å². The monoisotopic (exact) mass is 443 g/mol. The van der Waals surface area contributed by atoms with E-state index in [4.69, 9.17) is 4.74 Å². The second-order valence-corrected chi connectivity index (χ2v) is 8.84. The minimum Gasteiger partial charge on any atom is -0.438 e. The van der Waals surface area contributed by atoms with E-state index in [2.05, 4.69) is 10.3 Å². The Labute approximate surface area is 185 Å². The number of halogens is 1. The number of ether oxygens (including phenoxy) is 1. The lowest BCUT2D eigenvalue weighted by Crippen LogP contribution is -2.44. The van der Waals surface area contributed by atoms with Gasteiger partial charge in [0.25, 0.3) is 5.91 Å². The average molecular weight is 444 g/mol. The zero-order valence-corrected chi connectivity index (χ0v) is 18.3. The topological polar surface area (TPSA) is 71.5 Å². The maximum absolute atomic E-state index is 13.9. The first kappa shape index (κ1) is 21.6. The smallest absolute Gasteiger partial charge is 0.257 e. The summed E-state index contributed by atoms with van der Waals surface area (Å²) >= 11 is 1.57. The number of amides is 2. The van der Waals surface area contributed by atoms with Crippen LogP contribution in [0.15, 0.2) is 41.4 Å². The van der Waals surface area contributed by atoms with Gasteiger partial charge in [0.1, 0.15) is 17.1 Å². The first-order chi connectivity index (χ1) is 15.0. The molecule has 31 heavy (non-hydrogen) atoms. The van der Waals surface area contributed by atoms with Gasteiger partial charge in [0.2, 0.25) is 11.8 Å². The van der Waals surface area contributed by atoms with Gasteiger partial charge in [-0.25, -0.2) is 9.37 Å². The van der Waals surface area contributed by atoms with Crippen LogP contribution in [0.3, 0.4) is 0 Å². The lowest BCUT2D eigenvalue weighted by molar-refractivity contribution is -0.130. The molecule has 0 bridgehead atoms. The first-order valence-electron chi connectivity index (χ1n) is 10.6. The van der Waals surface area contributed by atoms with E-state index in [-0.39, 0.29) is 29.4 Å². The van der Waals surface area contributed by atoms with E-state index in [1.165, 1.54) is 0 Å². The van der Waals surface area contributed by atoms with Gasteiger partial charge in [0.15, 0.2) is 0 Å². The number of aromatic nitrogens is 1. The molecule has 6 nitrogen and oxygen atoms in total. The number of benzene rings is 1. The second kappa shape index (κ2) is 9.68. The molecule has 1 saturated carbocycles. The number of carbonyl (C=O) groups is 2. The van der Waals surface area contributed by atoms with E-state index in [1.54, 1.807) is 17.8 Å². The van der Waals surface area contributed by atoms with Crippen LogP contribution in [0.4, 0.5) is 4.39 Å². The molecule has 2 aliphatic rings. The lowest BCUT2D eigenvalue weighted by Gasteiger charge is -2.34. The molecule has 1 saturated heterocycles. The van der Waals surface area contributed by atoms with Crippen molar-refractivity contribution in [3.05, 3.63) is 47.9 Å². The molecule has 1 aromatic heterocycles.